The number of aryl methyl sites for hydroxylation is 1. The Morgan fingerprint density at radius 3 is 2.87 bits per heavy atom. The fraction of sp³-hybridized carbons (Fsp3) is 0.357. The van der Waals surface area contributed by atoms with Gasteiger partial charge in [-0.3, -0.25) is 15.2 Å². The number of hydrogen-bond acceptors (Lipinski definition) is 7. The largest absolute Gasteiger partial charge is 0.462 e. The van der Waals surface area contributed by atoms with Crippen LogP contribution < -0.4 is 0 Å². The summed E-state index contributed by atoms with van der Waals surface area (Å²) < 4.78 is 5.16. The Labute approximate surface area is 136 Å². The Morgan fingerprint density at radius 2 is 2.26 bits per heavy atom. The monoisotopic (exact) mass is 336 g/mol. The van der Waals surface area contributed by atoms with E-state index >= 15 is 0 Å². The summed E-state index contributed by atoms with van der Waals surface area (Å²) in [6.45, 7) is 4.02. The molecule has 0 spiro atoms. The van der Waals surface area contributed by atoms with Crippen molar-refractivity contribution in [3.05, 3.63) is 39.7 Å². The van der Waals surface area contributed by atoms with Crippen LogP contribution in [-0.2, 0) is 4.74 Å². The van der Waals surface area contributed by atoms with Gasteiger partial charge in [-0.05, 0) is 31.2 Å². The van der Waals surface area contributed by atoms with E-state index in [0.717, 1.165) is 24.6 Å². The molecule has 0 unspecified atom stereocenters. The zero-order valence-electron chi connectivity index (χ0n) is 12.7. The van der Waals surface area contributed by atoms with Gasteiger partial charge in [0.25, 0.3) is 5.69 Å². The maximum Gasteiger partial charge on any atom is 0.339 e. The summed E-state index contributed by atoms with van der Waals surface area (Å²) in [5, 5.41) is 18.0. The van der Waals surface area contributed by atoms with Gasteiger partial charge < -0.3 is 4.74 Å². The van der Waals surface area contributed by atoms with Crippen molar-refractivity contribution in [3.63, 3.8) is 0 Å². The number of carbonyl (C=O) groups excluding carboxylic acids is 1. The highest BCUT2D eigenvalue weighted by molar-refractivity contribution is 7.99. The summed E-state index contributed by atoms with van der Waals surface area (Å²) in [7, 11) is 0. The molecule has 0 saturated heterocycles. The van der Waals surface area contributed by atoms with Gasteiger partial charge in [0, 0.05) is 17.0 Å². The van der Waals surface area contributed by atoms with E-state index in [1.165, 1.54) is 18.2 Å². The number of H-pyrrole nitrogens is 1. The van der Waals surface area contributed by atoms with Crippen molar-refractivity contribution < 1.29 is 14.5 Å². The number of rotatable bonds is 7. The van der Waals surface area contributed by atoms with Gasteiger partial charge in [-0.25, -0.2) is 9.78 Å². The smallest absolute Gasteiger partial charge is 0.339 e. The van der Waals surface area contributed by atoms with Crippen molar-refractivity contribution in [2.75, 3.05) is 6.61 Å². The number of nitro benzene ring substituents is 1. The number of ether oxygens (including phenoxy) is 1. The van der Waals surface area contributed by atoms with E-state index in [1.807, 2.05) is 6.92 Å². The minimum Gasteiger partial charge on any atom is -0.462 e. The second kappa shape index (κ2) is 7.73. The van der Waals surface area contributed by atoms with E-state index in [1.54, 1.807) is 6.92 Å². The zero-order valence-corrected chi connectivity index (χ0v) is 13.6. The lowest BCUT2D eigenvalue weighted by atomic mass is 10.2. The maximum absolute atomic E-state index is 12.2. The summed E-state index contributed by atoms with van der Waals surface area (Å²) in [5.41, 5.74) is -0.0225. The van der Waals surface area contributed by atoms with E-state index in [4.69, 9.17) is 4.74 Å². The predicted octanol–water partition coefficient (Wildman–Crippen LogP) is 3.13. The van der Waals surface area contributed by atoms with Gasteiger partial charge in [0.05, 0.1) is 17.1 Å². The van der Waals surface area contributed by atoms with Gasteiger partial charge in [-0.2, -0.15) is 0 Å². The third-order valence-corrected chi connectivity index (χ3v) is 3.84. The van der Waals surface area contributed by atoms with E-state index in [0.29, 0.717) is 15.9 Å². The molecule has 0 aliphatic rings. The second-order valence-electron chi connectivity index (χ2n) is 4.73. The molecule has 2 rings (SSSR count). The van der Waals surface area contributed by atoms with Gasteiger partial charge in [-0.1, -0.05) is 13.3 Å². The summed E-state index contributed by atoms with van der Waals surface area (Å²) in [4.78, 5) is 27.2. The number of non-ortho nitro benzene ring substituents is 1. The first kappa shape index (κ1) is 16.9. The molecule has 0 aliphatic heterocycles. The van der Waals surface area contributed by atoms with Crippen molar-refractivity contribution in [3.8, 4) is 0 Å². The van der Waals surface area contributed by atoms with E-state index in [9.17, 15) is 14.9 Å². The number of carbonyl (C=O) groups is 1. The van der Waals surface area contributed by atoms with E-state index in [2.05, 4.69) is 15.2 Å². The minimum atomic E-state index is -0.586. The van der Waals surface area contributed by atoms with Crippen molar-refractivity contribution in [2.24, 2.45) is 0 Å². The SMILES string of the molecule is CCCCOC(=O)c1cc([N+](=O)[O-])ccc1Sc1n[nH]c(C)n1. The standard InChI is InChI=1S/C14H16N4O4S/c1-3-4-7-22-13(19)11-8-10(18(20)21)5-6-12(11)23-14-15-9(2)16-17-14/h5-6,8H,3-4,7H2,1-2H3,(H,15,16,17). The molecule has 0 atom stereocenters. The first-order valence-electron chi connectivity index (χ1n) is 7.03. The Bertz CT molecular complexity index is 717. The molecule has 1 aromatic carbocycles. The normalized spacial score (nSPS) is 10.5. The van der Waals surface area contributed by atoms with Crippen molar-refractivity contribution in [1.29, 1.82) is 0 Å². The molecule has 9 heteroatoms. The van der Waals surface area contributed by atoms with Gasteiger partial charge in [0.15, 0.2) is 0 Å². The Hall–Kier alpha value is -2.42. The third-order valence-electron chi connectivity index (χ3n) is 2.90. The van der Waals surface area contributed by atoms with Gasteiger partial charge in [0.2, 0.25) is 5.16 Å². The molecule has 2 aromatic rings. The van der Waals surface area contributed by atoms with Crippen LogP contribution in [0.5, 0.6) is 0 Å². The Balaban J connectivity index is 2.28. The van der Waals surface area contributed by atoms with Gasteiger partial charge in [0.1, 0.15) is 5.82 Å². The van der Waals surface area contributed by atoms with Gasteiger partial charge in [-0.15, -0.1) is 5.10 Å². The molecular formula is C14H16N4O4S. The van der Waals surface area contributed by atoms with Crippen LogP contribution in [0.2, 0.25) is 0 Å². The lowest BCUT2D eigenvalue weighted by molar-refractivity contribution is -0.384. The van der Waals surface area contributed by atoms with E-state index < -0.39 is 10.9 Å². The predicted molar refractivity (Wildman–Crippen MR) is 83.5 cm³/mol. The topological polar surface area (TPSA) is 111 Å². The number of unbranched alkanes of at least 4 members (excludes halogenated alkanes) is 1. The molecule has 1 aromatic heterocycles. The number of nitrogens with zero attached hydrogens (tertiary/aromatic N) is 3. The minimum absolute atomic E-state index is 0.141. The fourth-order valence-corrected chi connectivity index (χ4v) is 2.59. The van der Waals surface area contributed by atoms with Crippen LogP contribution in [-0.4, -0.2) is 32.7 Å². The average molecular weight is 336 g/mol. The van der Waals surface area contributed by atoms with Crippen molar-refractivity contribution in [2.45, 2.75) is 36.7 Å². The summed E-state index contributed by atoms with van der Waals surface area (Å²) in [6, 6.07) is 4.06. The number of hydrogen-bond donors (Lipinski definition) is 1. The lowest BCUT2D eigenvalue weighted by Gasteiger charge is -2.08. The number of aromatic nitrogens is 3. The molecule has 0 aliphatic carbocycles. The number of nitro groups is 1. The van der Waals surface area contributed by atoms with Crippen molar-refractivity contribution in [1.82, 2.24) is 15.2 Å². The highest BCUT2D eigenvalue weighted by atomic mass is 32.2. The second-order valence-corrected chi connectivity index (χ2v) is 5.74. The molecule has 0 bridgehead atoms. The van der Waals surface area contributed by atoms with Crippen LogP contribution in [0.3, 0.4) is 0 Å². The summed E-state index contributed by atoms with van der Waals surface area (Å²) in [5.74, 6) is 0.0541. The molecular weight excluding hydrogens is 320 g/mol. The van der Waals surface area contributed by atoms with Crippen LogP contribution in [0.4, 0.5) is 5.69 Å². The van der Waals surface area contributed by atoms with Crippen LogP contribution in [0.15, 0.2) is 28.3 Å². The molecule has 0 amide bonds. The first-order chi connectivity index (χ1) is 11.0. The van der Waals surface area contributed by atoms with Crippen LogP contribution in [0.1, 0.15) is 35.9 Å². The number of benzene rings is 1. The third kappa shape index (κ3) is 4.52. The van der Waals surface area contributed by atoms with E-state index in [-0.39, 0.29) is 17.9 Å². The molecule has 0 radical (unpaired) electrons. The van der Waals surface area contributed by atoms with Crippen LogP contribution in [0.25, 0.3) is 0 Å². The molecule has 0 fully saturated rings. The fourth-order valence-electron chi connectivity index (χ4n) is 1.73. The highest BCUT2D eigenvalue weighted by Crippen LogP contribution is 2.31. The van der Waals surface area contributed by atoms with Gasteiger partial charge >= 0.3 is 5.97 Å². The lowest BCUT2D eigenvalue weighted by Crippen LogP contribution is -2.08. The summed E-state index contributed by atoms with van der Waals surface area (Å²) >= 11 is 1.15. The number of esters is 1. The molecule has 23 heavy (non-hydrogen) atoms. The van der Waals surface area contributed by atoms with Crippen LogP contribution in [0, 0.1) is 17.0 Å². The Morgan fingerprint density at radius 1 is 1.48 bits per heavy atom. The highest BCUT2D eigenvalue weighted by Gasteiger charge is 2.19. The molecule has 1 heterocycles. The Kier molecular flexibility index (Phi) is 5.69. The van der Waals surface area contributed by atoms with Crippen molar-refractivity contribution >= 4 is 23.4 Å². The maximum atomic E-state index is 12.2. The zero-order chi connectivity index (χ0) is 16.8. The average Bonchev–Trinajstić information content (AvgIpc) is 2.92. The summed E-state index contributed by atoms with van der Waals surface area (Å²) in [6.07, 6.45) is 1.63. The first-order valence-corrected chi connectivity index (χ1v) is 7.85. The number of nitrogens with one attached hydrogen (secondary N) is 1. The quantitative estimate of drug-likeness (QED) is 0.358. The molecule has 0 saturated carbocycles. The molecule has 1 N–H and O–H groups in total. The molecule has 122 valence electrons. The number of aromatic amines is 1. The van der Waals surface area contributed by atoms with Crippen LogP contribution >= 0.6 is 11.8 Å². The molecule has 8 nitrogen and oxygen atoms in total.